The summed E-state index contributed by atoms with van der Waals surface area (Å²) in [6, 6.07) is 1.97. The van der Waals surface area contributed by atoms with Gasteiger partial charge in [-0.3, -0.25) is 4.79 Å². The Bertz CT molecular complexity index is 384. The molecule has 1 aromatic heterocycles. The van der Waals surface area contributed by atoms with Crippen molar-refractivity contribution in [1.29, 1.82) is 0 Å². The van der Waals surface area contributed by atoms with Crippen LogP contribution in [0.5, 0.6) is 0 Å². The fourth-order valence-electron chi connectivity index (χ4n) is 1.21. The van der Waals surface area contributed by atoms with E-state index < -0.39 is 12.1 Å². The van der Waals surface area contributed by atoms with Crippen LogP contribution in [0.15, 0.2) is 16.8 Å². The second kappa shape index (κ2) is 4.65. The molecule has 5 heteroatoms. The third-order valence-electron chi connectivity index (χ3n) is 2.33. The Morgan fingerprint density at radius 2 is 2.31 bits per heavy atom. The van der Waals surface area contributed by atoms with Crippen molar-refractivity contribution in [3.05, 3.63) is 22.4 Å². The van der Waals surface area contributed by atoms with Gasteiger partial charge in [0.2, 0.25) is 0 Å². The average Bonchev–Trinajstić information content (AvgIpc) is 2.89. The topological polar surface area (TPSA) is 55.4 Å². The highest BCUT2D eigenvalue weighted by Gasteiger charge is 2.27. The van der Waals surface area contributed by atoms with Gasteiger partial charge in [0.15, 0.2) is 6.10 Å². The minimum absolute atomic E-state index is 0.217. The van der Waals surface area contributed by atoms with Crippen molar-refractivity contribution >= 4 is 23.2 Å². The van der Waals surface area contributed by atoms with Crippen molar-refractivity contribution in [2.75, 3.05) is 0 Å². The number of amides is 1. The van der Waals surface area contributed by atoms with E-state index >= 15 is 0 Å². The van der Waals surface area contributed by atoms with E-state index in [9.17, 15) is 9.59 Å². The van der Waals surface area contributed by atoms with Crippen LogP contribution < -0.4 is 5.32 Å². The highest BCUT2D eigenvalue weighted by molar-refractivity contribution is 7.08. The molecule has 86 valence electrons. The second-order valence-electron chi connectivity index (χ2n) is 3.84. The van der Waals surface area contributed by atoms with Crippen LogP contribution in [0, 0.1) is 0 Å². The smallest absolute Gasteiger partial charge is 0.339 e. The molecular formula is C11H13NO3S. The monoisotopic (exact) mass is 239 g/mol. The Balaban J connectivity index is 1.83. The fourth-order valence-corrected chi connectivity index (χ4v) is 1.83. The lowest BCUT2D eigenvalue weighted by Crippen LogP contribution is -2.37. The van der Waals surface area contributed by atoms with Gasteiger partial charge in [-0.1, -0.05) is 0 Å². The predicted octanol–water partition coefficient (Wildman–Crippen LogP) is 1.57. The van der Waals surface area contributed by atoms with Crippen molar-refractivity contribution in [3.8, 4) is 0 Å². The lowest BCUT2D eigenvalue weighted by molar-refractivity contribution is -0.129. The van der Waals surface area contributed by atoms with Crippen molar-refractivity contribution in [2.24, 2.45) is 0 Å². The van der Waals surface area contributed by atoms with E-state index in [1.807, 2.05) is 0 Å². The number of hydrogen-bond donors (Lipinski definition) is 1. The summed E-state index contributed by atoms with van der Waals surface area (Å²) < 4.78 is 5.04. The van der Waals surface area contributed by atoms with E-state index in [4.69, 9.17) is 4.74 Å². The molecule has 2 rings (SSSR count). The van der Waals surface area contributed by atoms with Gasteiger partial charge in [0.1, 0.15) is 0 Å². The fraction of sp³-hybridized carbons (Fsp3) is 0.455. The molecule has 0 unspecified atom stereocenters. The zero-order valence-electron chi connectivity index (χ0n) is 8.93. The predicted molar refractivity (Wildman–Crippen MR) is 60.4 cm³/mol. The number of rotatable bonds is 4. The molecule has 4 nitrogen and oxygen atoms in total. The summed E-state index contributed by atoms with van der Waals surface area (Å²) in [4.78, 5) is 23.0. The molecule has 1 aromatic rings. The molecule has 0 spiro atoms. The van der Waals surface area contributed by atoms with Crippen LogP contribution in [-0.2, 0) is 9.53 Å². The Morgan fingerprint density at radius 3 is 2.88 bits per heavy atom. The molecule has 0 aromatic carbocycles. The Kier molecular flexibility index (Phi) is 3.24. The number of ether oxygens (including phenoxy) is 1. The Labute approximate surface area is 97.6 Å². The Morgan fingerprint density at radius 1 is 1.56 bits per heavy atom. The third-order valence-corrected chi connectivity index (χ3v) is 3.02. The normalized spacial score (nSPS) is 16.6. The molecule has 0 radical (unpaired) electrons. The maximum Gasteiger partial charge on any atom is 0.339 e. The molecule has 1 aliphatic carbocycles. The van der Waals surface area contributed by atoms with Crippen LogP contribution in [-0.4, -0.2) is 24.0 Å². The quantitative estimate of drug-likeness (QED) is 0.811. The van der Waals surface area contributed by atoms with Gasteiger partial charge in [-0.25, -0.2) is 4.79 Å². The minimum atomic E-state index is -0.729. The summed E-state index contributed by atoms with van der Waals surface area (Å²) in [7, 11) is 0. The standard InChI is InChI=1S/C11H13NO3S/c1-7(10(13)12-9-2-3-9)15-11(14)8-4-5-16-6-8/h4-7,9H,2-3H2,1H3,(H,12,13)/t7-/m1/s1. The van der Waals surface area contributed by atoms with Gasteiger partial charge in [0.25, 0.3) is 5.91 Å². The number of nitrogens with one attached hydrogen (secondary N) is 1. The molecule has 0 aliphatic heterocycles. The molecule has 1 N–H and O–H groups in total. The van der Waals surface area contributed by atoms with Crippen molar-refractivity contribution in [2.45, 2.75) is 31.9 Å². The molecule has 1 fully saturated rings. The van der Waals surface area contributed by atoms with Gasteiger partial charge >= 0.3 is 5.97 Å². The molecule has 1 amide bonds. The average molecular weight is 239 g/mol. The van der Waals surface area contributed by atoms with E-state index in [0.29, 0.717) is 5.56 Å². The first-order chi connectivity index (χ1) is 7.66. The maximum absolute atomic E-state index is 11.5. The van der Waals surface area contributed by atoms with E-state index in [-0.39, 0.29) is 11.9 Å². The van der Waals surface area contributed by atoms with Gasteiger partial charge in [0.05, 0.1) is 5.56 Å². The van der Waals surface area contributed by atoms with E-state index in [1.54, 1.807) is 23.8 Å². The highest BCUT2D eigenvalue weighted by atomic mass is 32.1. The molecule has 1 atom stereocenters. The van der Waals surface area contributed by atoms with Crippen molar-refractivity contribution in [1.82, 2.24) is 5.32 Å². The number of thiophene rings is 1. The summed E-state index contributed by atoms with van der Waals surface area (Å²) in [5, 5.41) is 6.29. The SMILES string of the molecule is C[C@@H](OC(=O)c1ccsc1)C(=O)NC1CC1. The van der Waals surface area contributed by atoms with E-state index in [1.165, 1.54) is 11.3 Å². The van der Waals surface area contributed by atoms with E-state index in [0.717, 1.165) is 12.8 Å². The zero-order chi connectivity index (χ0) is 11.5. The van der Waals surface area contributed by atoms with Gasteiger partial charge < -0.3 is 10.1 Å². The Hall–Kier alpha value is -1.36. The van der Waals surface area contributed by atoms with Crippen LogP contribution in [0.4, 0.5) is 0 Å². The minimum Gasteiger partial charge on any atom is -0.449 e. The molecule has 1 saturated carbocycles. The van der Waals surface area contributed by atoms with Crippen molar-refractivity contribution in [3.63, 3.8) is 0 Å². The van der Waals surface area contributed by atoms with Crippen LogP contribution in [0.1, 0.15) is 30.1 Å². The summed E-state index contributed by atoms with van der Waals surface area (Å²) in [6.45, 7) is 1.59. The van der Waals surface area contributed by atoms with E-state index in [2.05, 4.69) is 5.32 Å². The highest BCUT2D eigenvalue weighted by Crippen LogP contribution is 2.19. The van der Waals surface area contributed by atoms with Gasteiger partial charge in [-0.15, -0.1) is 0 Å². The largest absolute Gasteiger partial charge is 0.449 e. The second-order valence-corrected chi connectivity index (χ2v) is 4.62. The van der Waals surface area contributed by atoms with Crippen molar-refractivity contribution < 1.29 is 14.3 Å². The first kappa shape index (κ1) is 11.1. The van der Waals surface area contributed by atoms with Crippen LogP contribution in [0.3, 0.4) is 0 Å². The molecular weight excluding hydrogens is 226 g/mol. The molecule has 1 aliphatic rings. The zero-order valence-corrected chi connectivity index (χ0v) is 9.75. The molecule has 1 heterocycles. The summed E-state index contributed by atoms with van der Waals surface area (Å²) in [5.41, 5.74) is 0.496. The first-order valence-corrected chi connectivity index (χ1v) is 6.14. The van der Waals surface area contributed by atoms with Gasteiger partial charge in [-0.05, 0) is 31.2 Å². The number of esters is 1. The van der Waals surface area contributed by atoms with Crippen LogP contribution in [0.25, 0.3) is 0 Å². The lowest BCUT2D eigenvalue weighted by Gasteiger charge is -2.12. The maximum atomic E-state index is 11.5. The van der Waals surface area contributed by atoms with Gasteiger partial charge in [0, 0.05) is 11.4 Å². The van der Waals surface area contributed by atoms with Gasteiger partial charge in [-0.2, -0.15) is 11.3 Å². The molecule has 16 heavy (non-hydrogen) atoms. The first-order valence-electron chi connectivity index (χ1n) is 5.20. The van der Waals surface area contributed by atoms with Crippen LogP contribution in [0.2, 0.25) is 0 Å². The molecule has 0 saturated heterocycles. The lowest BCUT2D eigenvalue weighted by atomic mass is 10.3. The van der Waals surface area contributed by atoms with Crippen LogP contribution >= 0.6 is 11.3 Å². The molecule has 0 bridgehead atoms. The summed E-state index contributed by atoms with van der Waals surface area (Å²) in [6.07, 6.45) is 1.32. The number of hydrogen-bond acceptors (Lipinski definition) is 4. The summed E-state index contributed by atoms with van der Waals surface area (Å²) >= 11 is 1.42. The number of carbonyl (C=O) groups excluding carboxylic acids is 2. The summed E-state index contributed by atoms with van der Waals surface area (Å²) in [5.74, 6) is -0.661. The number of carbonyl (C=O) groups is 2. The third kappa shape index (κ3) is 2.82.